The van der Waals surface area contributed by atoms with Gasteiger partial charge in [0.1, 0.15) is 8.07 Å². The Bertz CT molecular complexity index is 164. The Labute approximate surface area is 97.5 Å². The fourth-order valence-electron chi connectivity index (χ4n) is 1.99. The second kappa shape index (κ2) is 8.96. The van der Waals surface area contributed by atoms with Crippen LogP contribution in [0.5, 0.6) is 0 Å². The maximum Gasteiger partial charge on any atom is 0.100 e. The van der Waals surface area contributed by atoms with Crippen LogP contribution in [-0.4, -0.2) is 8.07 Å². The minimum atomic E-state index is -1.26. The van der Waals surface area contributed by atoms with Crippen molar-refractivity contribution >= 4 is 8.07 Å². The molecular weight excluding hydrogens is 196 g/mol. The zero-order valence-corrected chi connectivity index (χ0v) is 11.7. The highest BCUT2D eigenvalue weighted by Crippen LogP contribution is 2.21. The van der Waals surface area contributed by atoms with Crippen molar-refractivity contribution in [3.63, 3.8) is 0 Å². The third-order valence-corrected chi connectivity index (χ3v) is 7.69. The summed E-state index contributed by atoms with van der Waals surface area (Å²) < 4.78 is 0. The van der Waals surface area contributed by atoms with E-state index < -0.39 is 8.07 Å². The Morgan fingerprint density at radius 3 is 1.87 bits per heavy atom. The SMILES string of the molecule is C=C[Si](C=C)(CC)CCCCCCCC. The number of hydrogen-bond donors (Lipinski definition) is 0. The molecule has 0 nitrogen and oxygen atoms in total. The highest BCUT2D eigenvalue weighted by Gasteiger charge is 2.21. The molecule has 15 heavy (non-hydrogen) atoms. The van der Waals surface area contributed by atoms with Crippen LogP contribution < -0.4 is 0 Å². The number of unbranched alkanes of at least 4 members (excludes halogenated alkanes) is 5. The minimum Gasteiger partial charge on any atom is -0.107 e. The van der Waals surface area contributed by atoms with Gasteiger partial charge in [-0.3, -0.25) is 0 Å². The second-order valence-electron chi connectivity index (χ2n) is 4.51. The third-order valence-electron chi connectivity index (χ3n) is 3.47. The van der Waals surface area contributed by atoms with Gasteiger partial charge in [-0.1, -0.05) is 75.9 Å². The quantitative estimate of drug-likeness (QED) is 0.350. The fourth-order valence-corrected chi connectivity index (χ4v) is 4.40. The third kappa shape index (κ3) is 5.98. The molecule has 88 valence electrons. The Kier molecular flexibility index (Phi) is 8.78. The molecule has 0 fully saturated rings. The van der Waals surface area contributed by atoms with Crippen molar-refractivity contribution in [3.8, 4) is 0 Å². The minimum absolute atomic E-state index is 1.26. The van der Waals surface area contributed by atoms with Crippen LogP contribution in [0.2, 0.25) is 12.1 Å². The molecule has 0 amide bonds. The molecule has 0 saturated carbocycles. The van der Waals surface area contributed by atoms with E-state index in [1.54, 1.807) is 0 Å². The molecule has 0 rings (SSSR count). The van der Waals surface area contributed by atoms with Gasteiger partial charge < -0.3 is 0 Å². The van der Waals surface area contributed by atoms with Gasteiger partial charge in [0.2, 0.25) is 0 Å². The van der Waals surface area contributed by atoms with Crippen LogP contribution in [0, 0.1) is 0 Å². The van der Waals surface area contributed by atoms with Gasteiger partial charge in [0.15, 0.2) is 0 Å². The van der Waals surface area contributed by atoms with Crippen molar-refractivity contribution in [2.45, 2.75) is 64.5 Å². The lowest BCUT2D eigenvalue weighted by molar-refractivity contribution is 0.622. The predicted molar refractivity (Wildman–Crippen MR) is 74.8 cm³/mol. The molecule has 0 atom stereocenters. The summed E-state index contributed by atoms with van der Waals surface area (Å²) in [5.74, 6) is 0. The molecule has 0 aliphatic heterocycles. The van der Waals surface area contributed by atoms with Crippen molar-refractivity contribution in [1.29, 1.82) is 0 Å². The van der Waals surface area contributed by atoms with E-state index in [2.05, 4.69) is 38.4 Å². The molecule has 0 aromatic carbocycles. The zero-order valence-electron chi connectivity index (χ0n) is 10.7. The van der Waals surface area contributed by atoms with Gasteiger partial charge in [-0.25, -0.2) is 0 Å². The number of rotatable bonds is 10. The maximum atomic E-state index is 3.99. The van der Waals surface area contributed by atoms with Crippen molar-refractivity contribution in [2.24, 2.45) is 0 Å². The average molecular weight is 224 g/mol. The standard InChI is InChI=1S/C14H28Si/c1-5-9-10-11-12-13-14-15(6-2,7-3)8-4/h6-7H,2-3,5,8-14H2,1,4H3. The van der Waals surface area contributed by atoms with Gasteiger partial charge in [-0.2, -0.15) is 0 Å². The normalized spacial score (nSPS) is 11.3. The van der Waals surface area contributed by atoms with Crippen molar-refractivity contribution < 1.29 is 0 Å². The Morgan fingerprint density at radius 2 is 1.40 bits per heavy atom. The largest absolute Gasteiger partial charge is 0.107 e. The van der Waals surface area contributed by atoms with Crippen LogP contribution in [0.1, 0.15) is 52.4 Å². The van der Waals surface area contributed by atoms with Crippen LogP contribution in [0.3, 0.4) is 0 Å². The van der Waals surface area contributed by atoms with E-state index in [0.717, 1.165) is 0 Å². The summed E-state index contributed by atoms with van der Waals surface area (Å²) in [6, 6.07) is 2.64. The molecule has 0 aliphatic rings. The van der Waals surface area contributed by atoms with Gasteiger partial charge in [0.25, 0.3) is 0 Å². The van der Waals surface area contributed by atoms with E-state index in [4.69, 9.17) is 0 Å². The summed E-state index contributed by atoms with van der Waals surface area (Å²) in [5.41, 5.74) is 4.43. The van der Waals surface area contributed by atoms with Crippen LogP contribution in [0.4, 0.5) is 0 Å². The summed E-state index contributed by atoms with van der Waals surface area (Å²) in [7, 11) is -1.26. The molecule has 0 aromatic heterocycles. The first-order valence-electron chi connectivity index (χ1n) is 6.52. The Hall–Kier alpha value is -0.303. The fraction of sp³-hybridized carbons (Fsp3) is 0.714. The summed E-state index contributed by atoms with van der Waals surface area (Å²) in [6.07, 6.45) is 8.35. The Balaban J connectivity index is 3.63. The molecule has 0 saturated heterocycles. The maximum absolute atomic E-state index is 3.99. The van der Waals surface area contributed by atoms with Crippen molar-refractivity contribution in [1.82, 2.24) is 0 Å². The van der Waals surface area contributed by atoms with Gasteiger partial charge in [0.05, 0.1) is 0 Å². The highest BCUT2D eigenvalue weighted by atomic mass is 28.3. The Morgan fingerprint density at radius 1 is 0.867 bits per heavy atom. The molecule has 0 bridgehead atoms. The van der Waals surface area contributed by atoms with Crippen LogP contribution in [0.25, 0.3) is 0 Å². The molecule has 0 radical (unpaired) electrons. The highest BCUT2D eigenvalue weighted by molar-refractivity contribution is 6.88. The number of hydrogen-bond acceptors (Lipinski definition) is 0. The van der Waals surface area contributed by atoms with Crippen LogP contribution >= 0.6 is 0 Å². The van der Waals surface area contributed by atoms with Gasteiger partial charge in [-0.15, -0.1) is 13.2 Å². The topological polar surface area (TPSA) is 0 Å². The van der Waals surface area contributed by atoms with Crippen LogP contribution in [-0.2, 0) is 0 Å². The van der Waals surface area contributed by atoms with E-state index in [1.807, 2.05) is 0 Å². The molecule has 0 unspecified atom stereocenters. The van der Waals surface area contributed by atoms with Crippen LogP contribution in [0.15, 0.2) is 24.6 Å². The molecule has 0 aromatic rings. The summed E-state index contributed by atoms with van der Waals surface area (Å²) in [6.45, 7) is 12.5. The molecule has 0 spiro atoms. The summed E-state index contributed by atoms with van der Waals surface area (Å²) in [4.78, 5) is 0. The van der Waals surface area contributed by atoms with Crippen molar-refractivity contribution in [2.75, 3.05) is 0 Å². The van der Waals surface area contributed by atoms with E-state index in [0.29, 0.717) is 0 Å². The monoisotopic (exact) mass is 224 g/mol. The van der Waals surface area contributed by atoms with Crippen molar-refractivity contribution in [3.05, 3.63) is 24.6 Å². The zero-order chi connectivity index (χ0) is 11.6. The lowest BCUT2D eigenvalue weighted by atomic mass is 10.1. The van der Waals surface area contributed by atoms with Gasteiger partial charge in [-0.05, 0) is 0 Å². The molecule has 0 N–H and O–H groups in total. The predicted octanol–water partition coefficient (Wildman–Crippen LogP) is 5.27. The summed E-state index contributed by atoms with van der Waals surface area (Å²) in [5, 5.41) is 0. The second-order valence-corrected chi connectivity index (χ2v) is 9.00. The van der Waals surface area contributed by atoms with Gasteiger partial charge >= 0.3 is 0 Å². The molecule has 0 heterocycles. The molecule has 0 aliphatic carbocycles. The van der Waals surface area contributed by atoms with E-state index in [-0.39, 0.29) is 0 Å². The average Bonchev–Trinajstić information content (AvgIpc) is 2.29. The molecular formula is C14H28Si. The smallest absolute Gasteiger partial charge is 0.100 e. The first kappa shape index (κ1) is 14.7. The van der Waals surface area contributed by atoms with E-state index in [9.17, 15) is 0 Å². The lowest BCUT2D eigenvalue weighted by Crippen LogP contribution is -2.27. The molecule has 1 heteroatoms. The van der Waals surface area contributed by atoms with E-state index in [1.165, 1.54) is 50.6 Å². The first-order chi connectivity index (χ1) is 7.24. The first-order valence-corrected chi connectivity index (χ1v) is 9.08. The van der Waals surface area contributed by atoms with Gasteiger partial charge in [0, 0.05) is 0 Å². The summed E-state index contributed by atoms with van der Waals surface area (Å²) >= 11 is 0. The lowest BCUT2D eigenvalue weighted by Gasteiger charge is -2.22. The van der Waals surface area contributed by atoms with E-state index >= 15 is 0 Å².